The SMILES string of the molecule is C.Nc1ccc(N2CCC(N)C2)cc1. The molecule has 1 aliphatic heterocycles. The molecule has 1 aromatic carbocycles. The van der Waals surface area contributed by atoms with Crippen LogP contribution in [0.25, 0.3) is 0 Å². The molecule has 1 aromatic rings. The first-order valence-corrected chi connectivity index (χ1v) is 4.62. The van der Waals surface area contributed by atoms with Crippen molar-refractivity contribution >= 4 is 11.4 Å². The van der Waals surface area contributed by atoms with Crippen LogP contribution in [0.1, 0.15) is 13.8 Å². The molecule has 1 saturated heterocycles. The summed E-state index contributed by atoms with van der Waals surface area (Å²) in [6.45, 7) is 2.02. The summed E-state index contributed by atoms with van der Waals surface area (Å²) in [5, 5.41) is 0. The number of nitrogens with two attached hydrogens (primary N) is 2. The molecule has 4 N–H and O–H groups in total. The van der Waals surface area contributed by atoms with Gasteiger partial charge in [-0.1, -0.05) is 7.43 Å². The molecule has 0 spiro atoms. The maximum Gasteiger partial charge on any atom is 0.0368 e. The summed E-state index contributed by atoms with van der Waals surface area (Å²) in [6.07, 6.45) is 1.09. The topological polar surface area (TPSA) is 55.3 Å². The lowest BCUT2D eigenvalue weighted by atomic mass is 10.2. The minimum absolute atomic E-state index is 0. The molecular formula is C11H19N3. The van der Waals surface area contributed by atoms with Gasteiger partial charge < -0.3 is 16.4 Å². The van der Waals surface area contributed by atoms with Gasteiger partial charge in [0.25, 0.3) is 0 Å². The van der Waals surface area contributed by atoms with E-state index in [4.69, 9.17) is 11.5 Å². The fourth-order valence-electron chi connectivity index (χ4n) is 1.71. The number of benzene rings is 1. The second kappa shape index (κ2) is 4.33. The second-order valence-corrected chi connectivity index (χ2v) is 3.59. The summed E-state index contributed by atoms with van der Waals surface area (Å²) in [7, 11) is 0. The number of hydrogen-bond donors (Lipinski definition) is 2. The fraction of sp³-hybridized carbons (Fsp3) is 0.455. The molecule has 1 atom stereocenters. The Morgan fingerprint density at radius 1 is 1.21 bits per heavy atom. The first kappa shape index (κ1) is 10.9. The molecule has 78 valence electrons. The Bertz CT molecular complexity index is 281. The van der Waals surface area contributed by atoms with E-state index in [-0.39, 0.29) is 7.43 Å². The molecule has 1 aliphatic rings. The first-order chi connectivity index (χ1) is 6.25. The normalized spacial score (nSPS) is 20.6. The predicted octanol–water partition coefficient (Wildman–Crippen LogP) is 1.44. The van der Waals surface area contributed by atoms with Crippen LogP contribution in [0.15, 0.2) is 24.3 Å². The van der Waals surface area contributed by atoms with E-state index in [1.54, 1.807) is 0 Å². The number of hydrogen-bond acceptors (Lipinski definition) is 3. The van der Waals surface area contributed by atoms with E-state index < -0.39 is 0 Å². The molecule has 3 nitrogen and oxygen atoms in total. The van der Waals surface area contributed by atoms with Gasteiger partial charge in [-0.3, -0.25) is 0 Å². The number of rotatable bonds is 1. The minimum atomic E-state index is 0. The molecule has 0 aliphatic carbocycles. The third-order valence-electron chi connectivity index (χ3n) is 2.48. The summed E-state index contributed by atoms with van der Waals surface area (Å²) in [6, 6.07) is 8.29. The molecule has 1 unspecified atom stereocenters. The summed E-state index contributed by atoms with van der Waals surface area (Å²) < 4.78 is 0. The van der Waals surface area contributed by atoms with Crippen molar-refractivity contribution in [3.05, 3.63) is 24.3 Å². The van der Waals surface area contributed by atoms with Crippen LogP contribution in [0.2, 0.25) is 0 Å². The lowest BCUT2D eigenvalue weighted by Crippen LogP contribution is -2.26. The van der Waals surface area contributed by atoms with Crippen LogP contribution >= 0.6 is 0 Å². The Morgan fingerprint density at radius 3 is 2.36 bits per heavy atom. The second-order valence-electron chi connectivity index (χ2n) is 3.59. The highest BCUT2D eigenvalue weighted by atomic mass is 15.2. The van der Waals surface area contributed by atoms with Crippen LogP contribution in [0.3, 0.4) is 0 Å². The highest BCUT2D eigenvalue weighted by Crippen LogP contribution is 2.20. The summed E-state index contributed by atoms with van der Waals surface area (Å²) in [5.41, 5.74) is 13.5. The Kier molecular flexibility index (Phi) is 3.36. The van der Waals surface area contributed by atoms with Gasteiger partial charge in [0.15, 0.2) is 0 Å². The van der Waals surface area contributed by atoms with Crippen molar-refractivity contribution in [3.63, 3.8) is 0 Å². The molecule has 0 radical (unpaired) electrons. The van der Waals surface area contributed by atoms with Gasteiger partial charge in [0.1, 0.15) is 0 Å². The Hall–Kier alpha value is -1.22. The Morgan fingerprint density at radius 2 is 1.86 bits per heavy atom. The average molecular weight is 193 g/mol. The van der Waals surface area contributed by atoms with E-state index in [1.165, 1.54) is 5.69 Å². The molecular weight excluding hydrogens is 174 g/mol. The van der Waals surface area contributed by atoms with E-state index in [0.29, 0.717) is 6.04 Å². The van der Waals surface area contributed by atoms with Crippen molar-refractivity contribution in [2.45, 2.75) is 19.9 Å². The maximum atomic E-state index is 5.83. The standard InChI is InChI=1S/C10H15N3.CH4/c11-8-1-3-10(4-2-8)13-6-5-9(12)7-13;/h1-4,9H,5-7,11-12H2;1H4. The van der Waals surface area contributed by atoms with E-state index in [0.717, 1.165) is 25.2 Å². The molecule has 0 saturated carbocycles. The van der Waals surface area contributed by atoms with E-state index in [2.05, 4.69) is 4.90 Å². The maximum absolute atomic E-state index is 5.83. The zero-order valence-corrected chi connectivity index (χ0v) is 7.61. The average Bonchev–Trinajstić information content (AvgIpc) is 2.53. The van der Waals surface area contributed by atoms with Crippen LogP contribution in [0.5, 0.6) is 0 Å². The van der Waals surface area contributed by atoms with Gasteiger partial charge >= 0.3 is 0 Å². The van der Waals surface area contributed by atoms with Crippen LogP contribution in [-0.2, 0) is 0 Å². The molecule has 1 fully saturated rings. The van der Waals surface area contributed by atoms with Gasteiger partial charge in [0, 0.05) is 30.5 Å². The van der Waals surface area contributed by atoms with Crippen molar-refractivity contribution in [3.8, 4) is 0 Å². The van der Waals surface area contributed by atoms with E-state index >= 15 is 0 Å². The molecule has 3 heteroatoms. The smallest absolute Gasteiger partial charge is 0.0368 e. The van der Waals surface area contributed by atoms with Crippen molar-refractivity contribution in [1.82, 2.24) is 0 Å². The zero-order chi connectivity index (χ0) is 9.26. The van der Waals surface area contributed by atoms with Crippen LogP contribution in [0.4, 0.5) is 11.4 Å². The quantitative estimate of drug-likeness (QED) is 0.664. The van der Waals surface area contributed by atoms with Crippen LogP contribution < -0.4 is 16.4 Å². The fourth-order valence-corrected chi connectivity index (χ4v) is 1.71. The molecule has 0 amide bonds. The summed E-state index contributed by atoms with van der Waals surface area (Å²) in [5.74, 6) is 0. The highest BCUT2D eigenvalue weighted by Gasteiger charge is 2.18. The van der Waals surface area contributed by atoms with E-state index in [9.17, 15) is 0 Å². The monoisotopic (exact) mass is 193 g/mol. The van der Waals surface area contributed by atoms with Gasteiger partial charge in [-0.2, -0.15) is 0 Å². The van der Waals surface area contributed by atoms with Crippen molar-refractivity contribution in [2.75, 3.05) is 23.7 Å². The molecule has 0 aromatic heterocycles. The number of nitrogen functional groups attached to an aromatic ring is 1. The lowest BCUT2D eigenvalue weighted by molar-refractivity contribution is 0.752. The Labute approximate surface area is 85.7 Å². The van der Waals surface area contributed by atoms with Gasteiger partial charge in [-0.25, -0.2) is 0 Å². The predicted molar refractivity (Wildman–Crippen MR) is 62.4 cm³/mol. The third kappa shape index (κ3) is 2.17. The molecule has 14 heavy (non-hydrogen) atoms. The van der Waals surface area contributed by atoms with Crippen LogP contribution in [-0.4, -0.2) is 19.1 Å². The summed E-state index contributed by atoms with van der Waals surface area (Å²) >= 11 is 0. The molecule has 0 bridgehead atoms. The highest BCUT2D eigenvalue weighted by molar-refractivity contribution is 5.53. The molecule has 2 rings (SSSR count). The van der Waals surface area contributed by atoms with Gasteiger partial charge in [-0.15, -0.1) is 0 Å². The lowest BCUT2D eigenvalue weighted by Gasteiger charge is -2.17. The molecule has 1 heterocycles. The van der Waals surface area contributed by atoms with Crippen molar-refractivity contribution in [1.29, 1.82) is 0 Å². The van der Waals surface area contributed by atoms with Gasteiger partial charge in [0.05, 0.1) is 0 Å². The van der Waals surface area contributed by atoms with E-state index in [1.807, 2.05) is 24.3 Å². The Balaban J connectivity index is 0.000000980. The van der Waals surface area contributed by atoms with Crippen molar-refractivity contribution < 1.29 is 0 Å². The number of nitrogens with zero attached hydrogens (tertiary/aromatic N) is 1. The van der Waals surface area contributed by atoms with Crippen LogP contribution in [0, 0.1) is 0 Å². The largest absolute Gasteiger partial charge is 0.399 e. The van der Waals surface area contributed by atoms with Gasteiger partial charge in [-0.05, 0) is 30.7 Å². The summed E-state index contributed by atoms with van der Waals surface area (Å²) in [4.78, 5) is 2.30. The third-order valence-corrected chi connectivity index (χ3v) is 2.48. The van der Waals surface area contributed by atoms with Gasteiger partial charge in [0.2, 0.25) is 0 Å². The zero-order valence-electron chi connectivity index (χ0n) is 7.61. The first-order valence-electron chi connectivity index (χ1n) is 4.62. The van der Waals surface area contributed by atoms with Crippen molar-refractivity contribution in [2.24, 2.45) is 5.73 Å². The minimum Gasteiger partial charge on any atom is -0.399 e. The number of anilines is 2.